The Bertz CT molecular complexity index is 216. The molecule has 0 bridgehead atoms. The Morgan fingerprint density at radius 1 is 1.50 bits per heavy atom. The molecule has 0 aromatic heterocycles. The van der Waals surface area contributed by atoms with Crippen molar-refractivity contribution >= 4 is 12.2 Å². The van der Waals surface area contributed by atoms with Gasteiger partial charge in [0.2, 0.25) is 5.96 Å². The van der Waals surface area contributed by atoms with Gasteiger partial charge in [-0.1, -0.05) is 6.08 Å². The van der Waals surface area contributed by atoms with Crippen molar-refractivity contribution in [1.82, 2.24) is 4.90 Å². The fourth-order valence-electron chi connectivity index (χ4n) is 1.16. The van der Waals surface area contributed by atoms with Crippen molar-refractivity contribution in [2.45, 2.75) is 20.3 Å². The van der Waals surface area contributed by atoms with Gasteiger partial charge in [0.1, 0.15) is 0 Å². The van der Waals surface area contributed by atoms with Crippen LogP contribution in [0.4, 0.5) is 0 Å². The lowest BCUT2D eigenvalue weighted by atomic mass is 10.3. The quantitative estimate of drug-likeness (QED) is 0.543. The van der Waals surface area contributed by atoms with E-state index in [2.05, 4.69) is 14.9 Å². The molecule has 0 radical (unpaired) electrons. The van der Waals surface area contributed by atoms with Crippen molar-refractivity contribution in [1.29, 1.82) is 0 Å². The normalized spacial score (nSPS) is 19.2. The van der Waals surface area contributed by atoms with E-state index in [1.54, 1.807) is 6.21 Å². The maximum atomic E-state index is 4.31. The molecule has 0 unspecified atom stereocenters. The Hall–Kier alpha value is -1.12. The topological polar surface area (TPSA) is 28.0 Å². The van der Waals surface area contributed by atoms with E-state index < -0.39 is 0 Å². The van der Waals surface area contributed by atoms with Crippen LogP contribution in [0.2, 0.25) is 0 Å². The van der Waals surface area contributed by atoms with E-state index in [1.165, 1.54) is 0 Å². The van der Waals surface area contributed by atoms with E-state index in [1.807, 2.05) is 26.1 Å². The predicted molar refractivity (Wildman–Crippen MR) is 52.6 cm³/mol. The van der Waals surface area contributed by atoms with Crippen LogP contribution in [0.3, 0.4) is 0 Å². The number of hydrogen-bond donors (Lipinski definition) is 0. The average molecular weight is 165 g/mol. The molecule has 12 heavy (non-hydrogen) atoms. The zero-order valence-corrected chi connectivity index (χ0v) is 7.70. The third-order valence-electron chi connectivity index (χ3n) is 1.64. The highest BCUT2D eigenvalue weighted by Gasteiger charge is 2.09. The van der Waals surface area contributed by atoms with E-state index in [0.29, 0.717) is 0 Å². The summed E-state index contributed by atoms with van der Waals surface area (Å²) in [6.45, 7) is 5.84. The fourth-order valence-corrected chi connectivity index (χ4v) is 1.16. The van der Waals surface area contributed by atoms with Crippen molar-refractivity contribution in [2.75, 3.05) is 13.1 Å². The van der Waals surface area contributed by atoms with Crippen molar-refractivity contribution < 1.29 is 0 Å². The highest BCUT2D eigenvalue weighted by Crippen LogP contribution is 2.04. The van der Waals surface area contributed by atoms with Crippen LogP contribution < -0.4 is 0 Å². The molecule has 66 valence electrons. The van der Waals surface area contributed by atoms with Gasteiger partial charge in [-0.25, -0.2) is 4.99 Å². The number of allylic oxidation sites excluding steroid dienone is 1. The first-order chi connectivity index (χ1) is 5.88. The van der Waals surface area contributed by atoms with Gasteiger partial charge in [-0.3, -0.25) is 4.99 Å². The molecule has 0 atom stereocenters. The van der Waals surface area contributed by atoms with Crippen LogP contribution >= 0.6 is 0 Å². The molecule has 1 heterocycles. The Labute approximate surface area is 73.5 Å². The maximum absolute atomic E-state index is 4.31. The van der Waals surface area contributed by atoms with Gasteiger partial charge in [0.15, 0.2) is 0 Å². The van der Waals surface area contributed by atoms with Gasteiger partial charge in [0, 0.05) is 25.5 Å². The molecule has 1 aliphatic rings. The summed E-state index contributed by atoms with van der Waals surface area (Å²) in [5.41, 5.74) is 0. The Morgan fingerprint density at radius 2 is 2.33 bits per heavy atom. The van der Waals surface area contributed by atoms with Gasteiger partial charge >= 0.3 is 0 Å². The molecule has 0 saturated carbocycles. The summed E-state index contributed by atoms with van der Waals surface area (Å²) in [6.07, 6.45) is 6.92. The lowest BCUT2D eigenvalue weighted by molar-refractivity contribution is 0.502. The molecule has 3 nitrogen and oxygen atoms in total. The van der Waals surface area contributed by atoms with Gasteiger partial charge in [0.05, 0.1) is 0 Å². The van der Waals surface area contributed by atoms with Crippen molar-refractivity contribution in [2.24, 2.45) is 9.98 Å². The van der Waals surface area contributed by atoms with E-state index in [-0.39, 0.29) is 0 Å². The fraction of sp³-hybridized carbons (Fsp3) is 0.556. The second-order valence-electron chi connectivity index (χ2n) is 2.60. The third kappa shape index (κ3) is 2.19. The van der Waals surface area contributed by atoms with Gasteiger partial charge in [-0.05, 0) is 20.3 Å². The summed E-state index contributed by atoms with van der Waals surface area (Å²) in [5, 5.41) is 0. The minimum atomic E-state index is 0.835. The number of nitrogens with zero attached hydrogens (tertiary/aromatic N) is 3. The minimum absolute atomic E-state index is 0.835. The molecule has 0 amide bonds. The molecule has 0 aromatic rings. The van der Waals surface area contributed by atoms with Crippen LogP contribution in [0.15, 0.2) is 22.3 Å². The summed E-state index contributed by atoms with van der Waals surface area (Å²) in [5.74, 6) is 0.835. The standard InChI is InChI=1S/C9H15N3/c1-3-7-12-8-5-6-11-9(12)10-4-2/h3-4,7H,5-6,8H2,1-2H3/b7-3-,10-4?. The molecular formula is C9H15N3. The Kier molecular flexibility index (Phi) is 3.51. The Morgan fingerprint density at radius 3 is 3.00 bits per heavy atom. The van der Waals surface area contributed by atoms with E-state index in [9.17, 15) is 0 Å². The smallest absolute Gasteiger partial charge is 0.224 e. The third-order valence-corrected chi connectivity index (χ3v) is 1.64. The van der Waals surface area contributed by atoms with Crippen LogP contribution in [0.5, 0.6) is 0 Å². The summed E-state index contributed by atoms with van der Waals surface area (Å²) in [6, 6.07) is 0. The van der Waals surface area contributed by atoms with Crippen molar-refractivity contribution in [3.63, 3.8) is 0 Å². The van der Waals surface area contributed by atoms with Gasteiger partial charge in [-0.2, -0.15) is 0 Å². The largest absolute Gasteiger partial charge is 0.318 e. The second kappa shape index (κ2) is 4.70. The molecule has 0 aromatic carbocycles. The predicted octanol–water partition coefficient (Wildman–Crippen LogP) is 1.67. The van der Waals surface area contributed by atoms with Gasteiger partial charge in [0.25, 0.3) is 0 Å². The SMILES string of the molecule is CC=NC1=NCCCN1/C=C\C. The first-order valence-corrected chi connectivity index (χ1v) is 4.31. The summed E-state index contributed by atoms with van der Waals surface area (Å²) < 4.78 is 0. The van der Waals surface area contributed by atoms with Crippen LogP contribution in [-0.2, 0) is 0 Å². The molecular weight excluding hydrogens is 150 g/mol. The summed E-state index contributed by atoms with van der Waals surface area (Å²) in [4.78, 5) is 10.6. The zero-order chi connectivity index (χ0) is 8.81. The molecule has 1 aliphatic heterocycles. The van der Waals surface area contributed by atoms with E-state index in [0.717, 1.165) is 25.5 Å². The Balaban J connectivity index is 2.70. The molecule has 0 saturated heterocycles. The zero-order valence-electron chi connectivity index (χ0n) is 7.70. The molecule has 3 heteroatoms. The lowest BCUT2D eigenvalue weighted by Crippen LogP contribution is -2.29. The first kappa shape index (κ1) is 8.97. The molecule has 0 fully saturated rings. The highest BCUT2D eigenvalue weighted by atomic mass is 15.3. The van der Waals surface area contributed by atoms with Crippen LogP contribution in [-0.4, -0.2) is 30.2 Å². The molecule has 0 aliphatic carbocycles. The monoisotopic (exact) mass is 165 g/mol. The van der Waals surface area contributed by atoms with Crippen molar-refractivity contribution in [3.8, 4) is 0 Å². The average Bonchev–Trinajstić information content (AvgIpc) is 2.09. The van der Waals surface area contributed by atoms with Crippen molar-refractivity contribution in [3.05, 3.63) is 12.3 Å². The summed E-state index contributed by atoms with van der Waals surface area (Å²) in [7, 11) is 0. The number of guanidine groups is 1. The minimum Gasteiger partial charge on any atom is -0.318 e. The molecule has 0 spiro atoms. The first-order valence-electron chi connectivity index (χ1n) is 4.31. The number of rotatable bonds is 1. The lowest BCUT2D eigenvalue weighted by Gasteiger charge is -2.22. The summed E-state index contributed by atoms with van der Waals surface area (Å²) >= 11 is 0. The molecule has 1 rings (SSSR count). The van der Waals surface area contributed by atoms with E-state index in [4.69, 9.17) is 0 Å². The second-order valence-corrected chi connectivity index (χ2v) is 2.60. The van der Waals surface area contributed by atoms with Crippen LogP contribution in [0, 0.1) is 0 Å². The molecule has 0 N–H and O–H groups in total. The van der Waals surface area contributed by atoms with Gasteiger partial charge < -0.3 is 4.90 Å². The number of aliphatic imine (C=N–C) groups is 2. The van der Waals surface area contributed by atoms with E-state index >= 15 is 0 Å². The van der Waals surface area contributed by atoms with Gasteiger partial charge in [-0.15, -0.1) is 0 Å². The number of hydrogen-bond acceptors (Lipinski definition) is 3. The van der Waals surface area contributed by atoms with Crippen LogP contribution in [0.25, 0.3) is 0 Å². The van der Waals surface area contributed by atoms with Crippen LogP contribution in [0.1, 0.15) is 20.3 Å². The maximum Gasteiger partial charge on any atom is 0.224 e. The highest BCUT2D eigenvalue weighted by molar-refractivity contribution is 5.88.